The highest BCUT2D eigenvalue weighted by molar-refractivity contribution is 4.67. The lowest BCUT2D eigenvalue weighted by molar-refractivity contribution is 0.0349. The molecule has 6 nitrogen and oxygen atoms in total. The summed E-state index contributed by atoms with van der Waals surface area (Å²) in [6.45, 7) is 8.71. The molecule has 4 atom stereocenters. The van der Waals surface area contributed by atoms with Crippen LogP contribution in [0, 0.1) is 0 Å². The summed E-state index contributed by atoms with van der Waals surface area (Å²) < 4.78 is 5.14. The second kappa shape index (κ2) is 12.8. The van der Waals surface area contributed by atoms with Crippen molar-refractivity contribution in [2.24, 2.45) is 0 Å². The molecule has 6 heteroatoms. The minimum Gasteiger partial charge on any atom is -0.394 e. The third kappa shape index (κ3) is 17.8. The van der Waals surface area contributed by atoms with E-state index in [9.17, 15) is 10.2 Å². The van der Waals surface area contributed by atoms with Crippen LogP contribution in [-0.4, -0.2) is 83.1 Å². The van der Waals surface area contributed by atoms with Gasteiger partial charge < -0.3 is 25.2 Å². The van der Waals surface area contributed by atoms with Gasteiger partial charge in [-0.25, -0.2) is 0 Å². The van der Waals surface area contributed by atoms with E-state index in [2.05, 4.69) is 0 Å². The summed E-state index contributed by atoms with van der Waals surface area (Å²) in [6, 6.07) is 0. The molecule has 0 heterocycles. The van der Waals surface area contributed by atoms with Crippen molar-refractivity contribution < 1.29 is 25.2 Å². The van der Waals surface area contributed by atoms with Crippen LogP contribution in [0.5, 0.6) is 0 Å². The zero-order chi connectivity index (χ0) is 15.4. The van der Waals surface area contributed by atoms with E-state index in [1.54, 1.807) is 21.0 Å². The highest BCUT2D eigenvalue weighted by Gasteiger charge is 2.13. The fraction of sp³-hybridized carbons (Fsp3) is 1.00. The Morgan fingerprint density at radius 2 is 1.21 bits per heavy atom. The SMILES string of the molecule is CC(O)CO.CO[C@@H](C)CN(CC(C)O)CC(C)O. The molecule has 0 saturated heterocycles. The van der Waals surface area contributed by atoms with E-state index >= 15 is 0 Å². The van der Waals surface area contributed by atoms with Crippen LogP contribution in [0.2, 0.25) is 0 Å². The lowest BCUT2D eigenvalue weighted by Crippen LogP contribution is -2.40. The van der Waals surface area contributed by atoms with Crippen LogP contribution >= 0.6 is 0 Å². The molecule has 0 radical (unpaired) electrons. The first-order valence-corrected chi connectivity index (χ1v) is 6.63. The summed E-state index contributed by atoms with van der Waals surface area (Å²) in [4.78, 5) is 2.00. The lowest BCUT2D eigenvalue weighted by Gasteiger charge is -2.27. The van der Waals surface area contributed by atoms with Gasteiger partial charge in [0.05, 0.1) is 31.0 Å². The summed E-state index contributed by atoms with van der Waals surface area (Å²) in [7, 11) is 1.66. The number of methoxy groups -OCH3 is 1. The molecule has 0 rings (SSSR count). The first kappa shape index (κ1) is 21.1. The Kier molecular flexibility index (Phi) is 14.2. The molecule has 0 spiro atoms. The Morgan fingerprint density at radius 3 is 1.42 bits per heavy atom. The highest BCUT2D eigenvalue weighted by Crippen LogP contribution is 1.99. The minimum atomic E-state index is -0.560. The number of hydrogen-bond donors (Lipinski definition) is 4. The third-order valence-corrected chi connectivity index (χ3v) is 2.23. The van der Waals surface area contributed by atoms with Gasteiger partial charge in [-0.3, -0.25) is 4.90 Å². The lowest BCUT2D eigenvalue weighted by atomic mass is 10.2. The minimum absolute atomic E-state index is 0.118. The molecule has 0 aromatic carbocycles. The molecular weight excluding hydrogens is 250 g/mol. The van der Waals surface area contributed by atoms with E-state index in [0.717, 1.165) is 6.54 Å². The predicted octanol–water partition coefficient (Wildman–Crippen LogP) is -0.556. The van der Waals surface area contributed by atoms with E-state index in [0.29, 0.717) is 13.1 Å². The number of aliphatic hydroxyl groups excluding tert-OH is 4. The van der Waals surface area contributed by atoms with Gasteiger partial charge in [-0.1, -0.05) is 0 Å². The molecular formula is C13H31NO5. The number of aliphatic hydroxyl groups is 4. The highest BCUT2D eigenvalue weighted by atomic mass is 16.5. The Morgan fingerprint density at radius 1 is 0.842 bits per heavy atom. The van der Waals surface area contributed by atoms with Gasteiger partial charge in [-0.05, 0) is 27.7 Å². The summed E-state index contributed by atoms with van der Waals surface area (Å²) in [6.07, 6.45) is -1.20. The van der Waals surface area contributed by atoms with Gasteiger partial charge in [0.2, 0.25) is 0 Å². The average Bonchev–Trinajstić information content (AvgIpc) is 2.27. The molecule has 0 aromatic heterocycles. The van der Waals surface area contributed by atoms with E-state index in [1.807, 2.05) is 11.8 Å². The second-order valence-electron chi connectivity index (χ2n) is 4.99. The van der Waals surface area contributed by atoms with E-state index in [-0.39, 0.29) is 24.9 Å². The van der Waals surface area contributed by atoms with Crippen LogP contribution in [0.25, 0.3) is 0 Å². The van der Waals surface area contributed by atoms with Gasteiger partial charge in [0.15, 0.2) is 0 Å². The average molecular weight is 281 g/mol. The summed E-state index contributed by atoms with van der Waals surface area (Å²) >= 11 is 0. The van der Waals surface area contributed by atoms with Crippen molar-refractivity contribution >= 4 is 0 Å². The third-order valence-electron chi connectivity index (χ3n) is 2.23. The fourth-order valence-electron chi connectivity index (χ4n) is 1.41. The molecule has 0 aliphatic carbocycles. The Hall–Kier alpha value is -0.240. The zero-order valence-electron chi connectivity index (χ0n) is 12.8. The number of nitrogens with zero attached hydrogens (tertiary/aromatic N) is 1. The fourth-order valence-corrected chi connectivity index (χ4v) is 1.41. The Bertz CT molecular complexity index is 178. The van der Waals surface area contributed by atoms with Crippen molar-refractivity contribution in [2.45, 2.75) is 52.1 Å². The van der Waals surface area contributed by atoms with Crippen molar-refractivity contribution in [1.82, 2.24) is 4.90 Å². The smallest absolute Gasteiger partial charge is 0.0742 e. The van der Waals surface area contributed by atoms with Crippen molar-refractivity contribution in [3.8, 4) is 0 Å². The monoisotopic (exact) mass is 281 g/mol. The predicted molar refractivity (Wildman–Crippen MR) is 75.0 cm³/mol. The van der Waals surface area contributed by atoms with Gasteiger partial charge in [0, 0.05) is 26.7 Å². The Labute approximate surface area is 116 Å². The van der Waals surface area contributed by atoms with Gasteiger partial charge in [0.1, 0.15) is 0 Å². The van der Waals surface area contributed by atoms with Gasteiger partial charge >= 0.3 is 0 Å². The van der Waals surface area contributed by atoms with Gasteiger partial charge in [-0.2, -0.15) is 0 Å². The van der Waals surface area contributed by atoms with Crippen LogP contribution in [0.4, 0.5) is 0 Å². The topological polar surface area (TPSA) is 93.4 Å². The maximum Gasteiger partial charge on any atom is 0.0742 e. The van der Waals surface area contributed by atoms with Gasteiger partial charge in [-0.15, -0.1) is 0 Å². The molecule has 0 fully saturated rings. The second-order valence-corrected chi connectivity index (χ2v) is 4.99. The summed E-state index contributed by atoms with van der Waals surface area (Å²) in [5.41, 5.74) is 0. The largest absolute Gasteiger partial charge is 0.394 e. The van der Waals surface area contributed by atoms with Crippen LogP contribution in [-0.2, 0) is 4.74 Å². The molecule has 3 unspecified atom stereocenters. The maximum absolute atomic E-state index is 9.26. The standard InChI is InChI=1S/C10H23NO3.C3H8O2/c1-8(12)5-11(6-9(2)13)7-10(3)14-4;1-3(5)2-4/h8-10,12-13H,5-7H2,1-4H3;3-5H,2H2,1H3/t8?,9?,10-;/m0./s1. The van der Waals surface area contributed by atoms with Crippen molar-refractivity contribution in [3.63, 3.8) is 0 Å². The van der Waals surface area contributed by atoms with E-state index in [4.69, 9.17) is 14.9 Å². The van der Waals surface area contributed by atoms with Crippen LogP contribution < -0.4 is 0 Å². The molecule has 0 saturated carbocycles. The van der Waals surface area contributed by atoms with Crippen LogP contribution in [0.3, 0.4) is 0 Å². The number of hydrogen-bond acceptors (Lipinski definition) is 6. The number of ether oxygens (including phenoxy) is 1. The molecule has 19 heavy (non-hydrogen) atoms. The van der Waals surface area contributed by atoms with Crippen LogP contribution in [0.1, 0.15) is 27.7 Å². The van der Waals surface area contributed by atoms with Crippen molar-refractivity contribution in [2.75, 3.05) is 33.4 Å². The zero-order valence-corrected chi connectivity index (χ0v) is 12.8. The first-order valence-electron chi connectivity index (χ1n) is 6.63. The maximum atomic E-state index is 9.26. The van der Waals surface area contributed by atoms with Gasteiger partial charge in [0.25, 0.3) is 0 Å². The summed E-state index contributed by atoms with van der Waals surface area (Å²) in [5.74, 6) is 0. The quantitative estimate of drug-likeness (QED) is 0.477. The molecule has 0 aliphatic rings. The van der Waals surface area contributed by atoms with Crippen molar-refractivity contribution in [1.29, 1.82) is 0 Å². The van der Waals surface area contributed by atoms with Crippen molar-refractivity contribution in [3.05, 3.63) is 0 Å². The number of rotatable bonds is 8. The molecule has 0 bridgehead atoms. The Balaban J connectivity index is 0. The first-order chi connectivity index (χ1) is 8.72. The molecule has 118 valence electrons. The molecule has 0 amide bonds. The molecule has 0 aromatic rings. The van der Waals surface area contributed by atoms with E-state index < -0.39 is 6.10 Å². The van der Waals surface area contributed by atoms with Crippen LogP contribution in [0.15, 0.2) is 0 Å². The summed E-state index contributed by atoms with van der Waals surface area (Å²) in [5, 5.41) is 34.5. The van der Waals surface area contributed by atoms with E-state index in [1.165, 1.54) is 6.92 Å². The normalized spacial score (nSPS) is 17.4. The molecule has 4 N–H and O–H groups in total. The molecule has 0 aliphatic heterocycles.